The van der Waals surface area contributed by atoms with Crippen LogP contribution in [0.15, 0.2) is 48.7 Å². The van der Waals surface area contributed by atoms with Gasteiger partial charge in [0.15, 0.2) is 0 Å². The molecular weight excluding hydrogens is 427 g/mol. The van der Waals surface area contributed by atoms with Gasteiger partial charge in [-0.1, -0.05) is 11.6 Å². The Morgan fingerprint density at radius 3 is 2.38 bits per heavy atom. The van der Waals surface area contributed by atoms with E-state index in [2.05, 4.69) is 54.6 Å². The molecule has 0 aliphatic carbocycles. The largest absolute Gasteiger partial charge is 0.322 e. The summed E-state index contributed by atoms with van der Waals surface area (Å²) in [7, 11) is 0. The van der Waals surface area contributed by atoms with Crippen LogP contribution in [0.25, 0.3) is 16.6 Å². The number of urea groups is 1. The average molecular weight is 463 g/mol. The summed E-state index contributed by atoms with van der Waals surface area (Å²) >= 11 is 0. The van der Waals surface area contributed by atoms with E-state index in [-0.39, 0.29) is 17.9 Å². The number of carbonyl (C=O) groups is 1. The fourth-order valence-corrected chi connectivity index (χ4v) is 5.53. The molecule has 34 heavy (non-hydrogen) atoms. The monoisotopic (exact) mass is 462 g/mol. The highest BCUT2D eigenvalue weighted by Gasteiger charge is 2.31. The summed E-state index contributed by atoms with van der Waals surface area (Å²) in [6.45, 7) is 11.9. The number of halogens is 1. The Morgan fingerprint density at radius 2 is 1.71 bits per heavy atom. The zero-order valence-electron chi connectivity index (χ0n) is 20.5. The molecular formula is C28H35FN4O. The third-order valence-electron chi connectivity index (χ3n) is 7.56. The highest BCUT2D eigenvalue weighted by Crippen LogP contribution is 2.36. The Balaban J connectivity index is 1.27. The van der Waals surface area contributed by atoms with Crippen LogP contribution in [0.1, 0.15) is 43.7 Å². The second-order valence-electron chi connectivity index (χ2n) is 10.1. The molecule has 6 heteroatoms. The van der Waals surface area contributed by atoms with E-state index in [9.17, 15) is 9.18 Å². The summed E-state index contributed by atoms with van der Waals surface area (Å²) in [5.74, 6) is 0.295. The molecule has 0 atom stereocenters. The normalized spacial score (nSPS) is 18.1. The van der Waals surface area contributed by atoms with Gasteiger partial charge in [-0.2, -0.15) is 0 Å². The highest BCUT2D eigenvalue weighted by molar-refractivity contribution is 5.87. The van der Waals surface area contributed by atoms with E-state index in [1.54, 1.807) is 0 Å². The molecule has 0 unspecified atom stereocenters. The van der Waals surface area contributed by atoms with Gasteiger partial charge in [0.25, 0.3) is 0 Å². The lowest BCUT2D eigenvalue weighted by Crippen LogP contribution is -2.41. The van der Waals surface area contributed by atoms with Crippen LogP contribution in [0.5, 0.6) is 0 Å². The fraction of sp³-hybridized carbons (Fsp3) is 0.464. The van der Waals surface area contributed by atoms with Crippen molar-refractivity contribution in [2.24, 2.45) is 0 Å². The van der Waals surface area contributed by atoms with Crippen LogP contribution in [-0.4, -0.2) is 70.6 Å². The maximum absolute atomic E-state index is 13.5. The molecule has 2 aromatic carbocycles. The number of likely N-dealkylation sites (tertiary alicyclic amines) is 1. The zero-order valence-corrected chi connectivity index (χ0v) is 20.5. The molecule has 5 rings (SSSR count). The Morgan fingerprint density at radius 1 is 0.971 bits per heavy atom. The van der Waals surface area contributed by atoms with Crippen molar-refractivity contribution in [3.05, 3.63) is 65.6 Å². The predicted octanol–water partition coefficient (Wildman–Crippen LogP) is 5.40. The third kappa shape index (κ3) is 4.43. The Bertz CT molecular complexity index is 1160. The number of hydrogen-bond acceptors (Lipinski definition) is 2. The number of amides is 2. The topological polar surface area (TPSA) is 31.7 Å². The third-order valence-corrected chi connectivity index (χ3v) is 7.56. The molecule has 2 saturated heterocycles. The first kappa shape index (κ1) is 22.9. The molecule has 3 heterocycles. The van der Waals surface area contributed by atoms with Crippen LogP contribution in [0, 0.1) is 12.7 Å². The van der Waals surface area contributed by atoms with Crippen molar-refractivity contribution in [1.82, 2.24) is 19.3 Å². The molecule has 0 bridgehead atoms. The molecule has 1 aromatic heterocycles. The minimum Gasteiger partial charge on any atom is -0.322 e. The van der Waals surface area contributed by atoms with Crippen molar-refractivity contribution in [3.8, 4) is 5.69 Å². The maximum Gasteiger partial charge on any atom is 0.320 e. The number of rotatable bonds is 6. The summed E-state index contributed by atoms with van der Waals surface area (Å²) in [6.07, 6.45) is 4.49. The smallest absolute Gasteiger partial charge is 0.320 e. The van der Waals surface area contributed by atoms with E-state index in [1.807, 2.05) is 21.9 Å². The highest BCUT2D eigenvalue weighted by atomic mass is 19.1. The number of carbonyl (C=O) groups excluding carboxylic acids is 1. The average Bonchev–Trinajstić information content (AvgIpc) is 3.39. The lowest BCUT2D eigenvalue weighted by molar-refractivity contribution is 0.166. The quantitative estimate of drug-likeness (QED) is 0.491. The summed E-state index contributed by atoms with van der Waals surface area (Å²) in [6, 6.07) is 13.8. The fourth-order valence-electron chi connectivity index (χ4n) is 5.53. The summed E-state index contributed by atoms with van der Waals surface area (Å²) < 4.78 is 15.7. The van der Waals surface area contributed by atoms with Crippen molar-refractivity contribution < 1.29 is 9.18 Å². The first-order valence-electron chi connectivity index (χ1n) is 12.6. The van der Waals surface area contributed by atoms with Crippen molar-refractivity contribution in [3.63, 3.8) is 0 Å². The van der Waals surface area contributed by atoms with Crippen LogP contribution in [-0.2, 0) is 0 Å². The number of aryl methyl sites for hydroxylation is 1. The second-order valence-corrected chi connectivity index (χ2v) is 10.1. The van der Waals surface area contributed by atoms with Crippen molar-refractivity contribution in [2.45, 2.75) is 45.6 Å². The molecule has 0 radical (unpaired) electrons. The maximum atomic E-state index is 13.5. The Kier molecular flexibility index (Phi) is 6.34. The van der Waals surface area contributed by atoms with E-state index in [1.165, 1.54) is 34.2 Å². The summed E-state index contributed by atoms with van der Waals surface area (Å²) in [4.78, 5) is 19.0. The molecule has 2 aliphatic heterocycles. The lowest BCUT2D eigenvalue weighted by atomic mass is 9.89. The Hall–Kier alpha value is -2.86. The molecule has 2 fully saturated rings. The van der Waals surface area contributed by atoms with Crippen molar-refractivity contribution >= 4 is 16.9 Å². The molecule has 0 spiro atoms. The summed E-state index contributed by atoms with van der Waals surface area (Å²) in [5, 5.41) is 1.30. The van der Waals surface area contributed by atoms with E-state index in [0.717, 1.165) is 57.8 Å². The van der Waals surface area contributed by atoms with Gasteiger partial charge in [-0.05, 0) is 94.6 Å². The molecule has 0 N–H and O–H groups in total. The van der Waals surface area contributed by atoms with Crippen LogP contribution >= 0.6 is 0 Å². The number of nitrogens with zero attached hydrogens (tertiary/aromatic N) is 4. The minimum absolute atomic E-state index is 0.189. The van der Waals surface area contributed by atoms with E-state index < -0.39 is 0 Å². The molecule has 3 aromatic rings. The van der Waals surface area contributed by atoms with Crippen LogP contribution < -0.4 is 0 Å². The van der Waals surface area contributed by atoms with Gasteiger partial charge >= 0.3 is 6.03 Å². The molecule has 5 nitrogen and oxygen atoms in total. The molecule has 2 aliphatic rings. The summed E-state index contributed by atoms with van der Waals surface area (Å²) in [5.41, 5.74) is 4.82. The second kappa shape index (κ2) is 9.41. The van der Waals surface area contributed by atoms with Gasteiger partial charge in [0.1, 0.15) is 5.82 Å². The Labute approximate surface area is 201 Å². The number of fused-ring (bicyclic) bond motifs is 1. The number of hydrogen-bond donors (Lipinski definition) is 0. The van der Waals surface area contributed by atoms with Crippen LogP contribution in [0.2, 0.25) is 0 Å². The van der Waals surface area contributed by atoms with Gasteiger partial charge in [0.2, 0.25) is 0 Å². The first-order valence-corrected chi connectivity index (χ1v) is 12.6. The lowest BCUT2D eigenvalue weighted by Gasteiger charge is -2.33. The number of piperidine rings is 1. The standard InChI is InChI=1S/C28H35FN4O/c1-20(2)32-17-16-31(28(32)34)15-14-30-12-10-22(11-13-30)26-19-33(24-7-5-23(29)6-8-24)27-9-4-21(3)18-25(26)27/h4-9,18-20,22H,10-17H2,1-3H3. The van der Waals surface area contributed by atoms with E-state index >= 15 is 0 Å². The van der Waals surface area contributed by atoms with E-state index in [4.69, 9.17) is 0 Å². The van der Waals surface area contributed by atoms with Crippen molar-refractivity contribution in [1.29, 1.82) is 0 Å². The molecule has 180 valence electrons. The van der Waals surface area contributed by atoms with Gasteiger partial charge in [-0.15, -0.1) is 0 Å². The minimum atomic E-state index is -0.212. The van der Waals surface area contributed by atoms with Crippen LogP contribution in [0.4, 0.5) is 9.18 Å². The van der Waals surface area contributed by atoms with Gasteiger partial charge in [0.05, 0.1) is 5.52 Å². The van der Waals surface area contributed by atoms with Crippen LogP contribution in [0.3, 0.4) is 0 Å². The number of aromatic nitrogens is 1. The predicted molar refractivity (Wildman–Crippen MR) is 135 cm³/mol. The van der Waals surface area contributed by atoms with Gasteiger partial charge < -0.3 is 19.3 Å². The van der Waals surface area contributed by atoms with Crippen molar-refractivity contribution in [2.75, 3.05) is 39.3 Å². The van der Waals surface area contributed by atoms with Gasteiger partial charge in [0, 0.05) is 49.5 Å². The van der Waals surface area contributed by atoms with Gasteiger partial charge in [-0.25, -0.2) is 9.18 Å². The molecule has 2 amide bonds. The zero-order chi connectivity index (χ0) is 23.8. The SMILES string of the molecule is Cc1ccc2c(c1)c(C1CCN(CCN3CCN(C(C)C)C3=O)CC1)cn2-c1ccc(F)cc1. The first-order chi connectivity index (χ1) is 16.4. The number of benzene rings is 2. The van der Waals surface area contributed by atoms with Gasteiger partial charge in [-0.3, -0.25) is 0 Å². The molecule has 0 saturated carbocycles. The van der Waals surface area contributed by atoms with E-state index in [0.29, 0.717) is 5.92 Å².